The molecule has 0 aromatic carbocycles. The van der Waals surface area contributed by atoms with Crippen LogP contribution < -0.4 is 4.90 Å². The first-order chi connectivity index (χ1) is 12.8. The number of aromatic nitrogens is 4. The first kappa shape index (κ1) is 16.8. The number of anilines is 1. The predicted molar refractivity (Wildman–Crippen MR) is 94.7 cm³/mol. The van der Waals surface area contributed by atoms with E-state index < -0.39 is 0 Å². The quantitative estimate of drug-likeness (QED) is 0.796. The fraction of sp³-hybridized carbons (Fsp3) is 0.500. The average Bonchev–Trinajstić information content (AvgIpc) is 2.92. The topological polar surface area (TPSA) is 84.3 Å². The number of likely N-dealkylation sites (tertiary alicyclic amines) is 1. The Morgan fingerprint density at radius 1 is 1.04 bits per heavy atom. The third kappa shape index (κ3) is 3.50. The van der Waals surface area contributed by atoms with Crippen molar-refractivity contribution < 1.29 is 9.53 Å². The summed E-state index contributed by atoms with van der Waals surface area (Å²) >= 11 is 0. The highest BCUT2D eigenvalue weighted by molar-refractivity contribution is 5.92. The van der Waals surface area contributed by atoms with Crippen LogP contribution in [0.1, 0.15) is 23.3 Å². The van der Waals surface area contributed by atoms with E-state index in [1.165, 1.54) is 6.20 Å². The van der Waals surface area contributed by atoms with Crippen LogP contribution in [0.15, 0.2) is 37.3 Å². The third-order valence-corrected chi connectivity index (χ3v) is 5.25. The Kier molecular flexibility index (Phi) is 4.75. The molecule has 136 valence electrons. The summed E-state index contributed by atoms with van der Waals surface area (Å²) in [5.41, 5.74) is 1.48. The lowest BCUT2D eigenvalue weighted by Crippen LogP contribution is -2.49. The van der Waals surface area contributed by atoms with E-state index in [0.717, 1.165) is 38.2 Å². The lowest BCUT2D eigenvalue weighted by atomic mass is 9.78. The molecule has 2 aromatic rings. The van der Waals surface area contributed by atoms with Crippen LogP contribution in [0, 0.1) is 5.41 Å². The summed E-state index contributed by atoms with van der Waals surface area (Å²) in [5.74, 6) is -0.0456. The van der Waals surface area contributed by atoms with Gasteiger partial charge in [-0.15, -0.1) is 0 Å². The number of piperidine rings is 1. The van der Waals surface area contributed by atoms with Crippen LogP contribution in [-0.4, -0.2) is 70.1 Å². The summed E-state index contributed by atoms with van der Waals surface area (Å²) in [5, 5.41) is 0. The molecule has 1 spiro atoms. The summed E-state index contributed by atoms with van der Waals surface area (Å²) in [6, 6.07) is 0. The highest BCUT2D eigenvalue weighted by Crippen LogP contribution is 2.35. The number of carbonyl (C=O) groups excluding carboxylic acids is 1. The van der Waals surface area contributed by atoms with Crippen molar-refractivity contribution in [3.05, 3.63) is 43.0 Å². The molecule has 0 saturated carbocycles. The maximum Gasteiger partial charge on any atom is 0.274 e. The van der Waals surface area contributed by atoms with Gasteiger partial charge in [0.1, 0.15) is 12.0 Å². The van der Waals surface area contributed by atoms with E-state index in [4.69, 9.17) is 4.74 Å². The maximum atomic E-state index is 12.6. The summed E-state index contributed by atoms with van der Waals surface area (Å²) < 4.78 is 5.91. The Bertz CT molecular complexity index is 734. The van der Waals surface area contributed by atoms with Gasteiger partial charge >= 0.3 is 0 Å². The Morgan fingerprint density at radius 3 is 2.58 bits per heavy atom. The molecule has 2 fully saturated rings. The van der Waals surface area contributed by atoms with Gasteiger partial charge in [0.05, 0.1) is 37.5 Å². The zero-order chi connectivity index (χ0) is 17.8. The second-order valence-electron chi connectivity index (χ2n) is 6.95. The fourth-order valence-electron chi connectivity index (χ4n) is 3.73. The highest BCUT2D eigenvalue weighted by Gasteiger charge is 2.39. The Hall–Kier alpha value is -2.61. The van der Waals surface area contributed by atoms with Gasteiger partial charge in [0.25, 0.3) is 5.91 Å². The number of hydrogen-bond donors (Lipinski definition) is 0. The van der Waals surface area contributed by atoms with Gasteiger partial charge < -0.3 is 14.5 Å². The van der Waals surface area contributed by atoms with Crippen LogP contribution in [0.3, 0.4) is 0 Å². The van der Waals surface area contributed by atoms with Crippen molar-refractivity contribution in [1.29, 1.82) is 0 Å². The maximum absolute atomic E-state index is 12.6. The molecule has 0 atom stereocenters. The van der Waals surface area contributed by atoms with Crippen LogP contribution in [0.2, 0.25) is 0 Å². The van der Waals surface area contributed by atoms with Crippen LogP contribution >= 0.6 is 0 Å². The third-order valence-electron chi connectivity index (χ3n) is 5.25. The van der Waals surface area contributed by atoms with E-state index in [-0.39, 0.29) is 11.3 Å². The molecule has 8 nitrogen and oxygen atoms in total. The SMILES string of the molecule is O=C(c1cnccn1)N1CCC2(CC1)COCCN(c1cncnc1)C2. The predicted octanol–water partition coefficient (Wildman–Crippen LogP) is 1.03. The van der Waals surface area contributed by atoms with E-state index in [1.54, 1.807) is 18.7 Å². The van der Waals surface area contributed by atoms with Crippen LogP contribution in [0.4, 0.5) is 5.69 Å². The molecule has 2 saturated heterocycles. The zero-order valence-corrected chi connectivity index (χ0v) is 14.6. The largest absolute Gasteiger partial charge is 0.379 e. The van der Waals surface area contributed by atoms with E-state index in [9.17, 15) is 4.79 Å². The fourth-order valence-corrected chi connectivity index (χ4v) is 3.73. The van der Waals surface area contributed by atoms with Gasteiger partial charge in [0.15, 0.2) is 0 Å². The minimum Gasteiger partial charge on any atom is -0.379 e. The molecule has 0 aliphatic carbocycles. The average molecular weight is 354 g/mol. The Morgan fingerprint density at radius 2 is 1.85 bits per heavy atom. The molecule has 0 unspecified atom stereocenters. The van der Waals surface area contributed by atoms with Gasteiger partial charge in [-0.2, -0.15) is 0 Å². The highest BCUT2D eigenvalue weighted by atomic mass is 16.5. The molecule has 26 heavy (non-hydrogen) atoms. The van der Waals surface area contributed by atoms with Crippen molar-refractivity contribution in [2.24, 2.45) is 5.41 Å². The number of ether oxygens (including phenoxy) is 1. The molecule has 2 aromatic heterocycles. The molecule has 0 radical (unpaired) electrons. The van der Waals surface area contributed by atoms with E-state index in [2.05, 4.69) is 24.8 Å². The normalized spacial score (nSPS) is 20.0. The summed E-state index contributed by atoms with van der Waals surface area (Å²) in [4.78, 5) is 33.1. The molecule has 2 aliphatic rings. The second-order valence-corrected chi connectivity index (χ2v) is 6.95. The zero-order valence-electron chi connectivity index (χ0n) is 14.6. The Balaban J connectivity index is 1.44. The van der Waals surface area contributed by atoms with Crippen molar-refractivity contribution >= 4 is 11.6 Å². The van der Waals surface area contributed by atoms with Gasteiger partial charge in [0.2, 0.25) is 0 Å². The molecule has 1 amide bonds. The standard InChI is InChI=1S/C18H22N6O2/c25-17(16-11-19-3-4-22-16)23-5-1-18(2-6-23)12-24(7-8-26-13-18)15-9-20-14-21-10-15/h3-4,9-11,14H,1-2,5-8,12-13H2. The lowest BCUT2D eigenvalue weighted by molar-refractivity contribution is 0.0205. The van der Waals surface area contributed by atoms with Crippen molar-refractivity contribution in [2.75, 3.05) is 44.3 Å². The van der Waals surface area contributed by atoms with Crippen LogP contribution in [0.5, 0.6) is 0 Å². The summed E-state index contributed by atoms with van der Waals surface area (Å²) in [6.07, 6.45) is 11.7. The second kappa shape index (κ2) is 7.33. The number of amides is 1. The smallest absolute Gasteiger partial charge is 0.274 e. The minimum atomic E-state index is -0.0456. The molecule has 4 rings (SSSR count). The Labute approximate surface area is 152 Å². The molecule has 0 N–H and O–H groups in total. The van der Waals surface area contributed by atoms with Gasteiger partial charge in [-0.05, 0) is 12.8 Å². The first-order valence-corrected chi connectivity index (χ1v) is 8.89. The van der Waals surface area contributed by atoms with Crippen molar-refractivity contribution in [3.8, 4) is 0 Å². The van der Waals surface area contributed by atoms with Gasteiger partial charge in [-0.1, -0.05) is 0 Å². The van der Waals surface area contributed by atoms with E-state index in [0.29, 0.717) is 25.4 Å². The van der Waals surface area contributed by atoms with E-state index in [1.807, 2.05) is 17.3 Å². The number of nitrogens with zero attached hydrogens (tertiary/aromatic N) is 6. The molecule has 8 heteroatoms. The lowest BCUT2D eigenvalue weighted by Gasteiger charge is -2.42. The molecular weight excluding hydrogens is 332 g/mol. The molecule has 2 aliphatic heterocycles. The van der Waals surface area contributed by atoms with Gasteiger partial charge in [-0.3, -0.25) is 9.78 Å². The number of rotatable bonds is 2. The molecule has 0 bridgehead atoms. The van der Waals surface area contributed by atoms with Crippen molar-refractivity contribution in [2.45, 2.75) is 12.8 Å². The van der Waals surface area contributed by atoms with Gasteiger partial charge in [-0.25, -0.2) is 15.0 Å². The summed E-state index contributed by atoms with van der Waals surface area (Å²) in [7, 11) is 0. The van der Waals surface area contributed by atoms with Crippen LogP contribution in [-0.2, 0) is 4.74 Å². The molecular formula is C18H22N6O2. The first-order valence-electron chi connectivity index (χ1n) is 8.89. The summed E-state index contributed by atoms with van der Waals surface area (Å²) in [6.45, 7) is 4.56. The minimum absolute atomic E-state index is 0.0456. The van der Waals surface area contributed by atoms with Gasteiger partial charge in [0, 0.05) is 44.0 Å². The van der Waals surface area contributed by atoms with Crippen molar-refractivity contribution in [3.63, 3.8) is 0 Å². The van der Waals surface area contributed by atoms with E-state index >= 15 is 0 Å². The van der Waals surface area contributed by atoms with Crippen LogP contribution in [0.25, 0.3) is 0 Å². The number of carbonyl (C=O) groups is 1. The monoisotopic (exact) mass is 354 g/mol. The molecule has 4 heterocycles. The number of hydrogen-bond acceptors (Lipinski definition) is 7. The van der Waals surface area contributed by atoms with Crippen molar-refractivity contribution in [1.82, 2.24) is 24.8 Å².